The number of piperidine rings is 1. The molecule has 30 heavy (non-hydrogen) atoms. The maximum atomic E-state index is 14.9. The quantitative estimate of drug-likeness (QED) is 0.641. The first-order chi connectivity index (χ1) is 14.1. The lowest BCUT2D eigenvalue weighted by molar-refractivity contribution is 0.0170. The molecule has 0 radical (unpaired) electrons. The number of pyridine rings is 1. The minimum Gasteiger partial charge on any atom is -0.496 e. The average Bonchev–Trinajstić information content (AvgIpc) is 2.71. The number of methoxy groups -OCH3 is 1. The molecule has 0 aliphatic carbocycles. The molecule has 2 aromatic rings. The third-order valence-electron chi connectivity index (χ3n) is 6.72. The number of nitrogens with zero attached hydrogens (tertiary/aromatic N) is 2. The fourth-order valence-corrected chi connectivity index (χ4v) is 4.52. The summed E-state index contributed by atoms with van der Waals surface area (Å²) in [7, 11) is 3.39. The first kappa shape index (κ1) is 22.8. The second-order valence-electron chi connectivity index (χ2n) is 8.81. The van der Waals surface area contributed by atoms with Crippen molar-refractivity contribution in [2.75, 3.05) is 20.2 Å². The summed E-state index contributed by atoms with van der Waals surface area (Å²) in [5, 5.41) is 0.621. The van der Waals surface area contributed by atoms with Crippen LogP contribution >= 0.6 is 11.6 Å². The van der Waals surface area contributed by atoms with Gasteiger partial charge in [-0.2, -0.15) is 0 Å². The number of halogens is 2. The third-order valence-corrected chi connectivity index (χ3v) is 7.06. The maximum absolute atomic E-state index is 14.9. The summed E-state index contributed by atoms with van der Waals surface area (Å²) in [6.07, 6.45) is 2.92. The summed E-state index contributed by atoms with van der Waals surface area (Å²) < 4.78 is 22.2. The summed E-state index contributed by atoms with van der Waals surface area (Å²) in [5.41, 5.74) is 3.37. The van der Waals surface area contributed by atoms with Crippen LogP contribution in [0, 0.1) is 19.8 Å². The second kappa shape index (κ2) is 8.72. The van der Waals surface area contributed by atoms with E-state index in [-0.39, 0.29) is 11.5 Å². The molecule has 6 heteroatoms. The standard InChI is InChI=1S/C24H32ClFN2O2/c1-15(2)24(26)7-9-28(10-8-24)14-20-21(25)11-18(12-22(20)30-6)19-13-27(5)23(29)17(4)16(19)3/h11-13,15H,7-10,14H2,1-6H3. The third kappa shape index (κ3) is 4.28. The first-order valence-electron chi connectivity index (χ1n) is 10.5. The van der Waals surface area contributed by atoms with Crippen molar-refractivity contribution in [1.29, 1.82) is 0 Å². The van der Waals surface area contributed by atoms with Gasteiger partial charge >= 0.3 is 0 Å². The van der Waals surface area contributed by atoms with Crippen molar-refractivity contribution in [3.8, 4) is 16.9 Å². The molecule has 0 bridgehead atoms. The number of aryl methyl sites for hydroxylation is 1. The van der Waals surface area contributed by atoms with E-state index in [1.165, 1.54) is 0 Å². The molecule has 1 fully saturated rings. The molecule has 1 aromatic heterocycles. The van der Waals surface area contributed by atoms with Gasteiger partial charge in [0.05, 0.1) is 7.11 Å². The zero-order chi connectivity index (χ0) is 22.2. The molecule has 0 saturated carbocycles. The molecular formula is C24H32ClFN2O2. The minimum absolute atomic E-state index is 0.00127. The summed E-state index contributed by atoms with van der Waals surface area (Å²) >= 11 is 6.70. The van der Waals surface area contributed by atoms with E-state index >= 15 is 0 Å². The summed E-state index contributed by atoms with van der Waals surface area (Å²) in [6, 6.07) is 3.91. The van der Waals surface area contributed by atoms with Gasteiger partial charge in [0, 0.05) is 54.6 Å². The Morgan fingerprint density at radius 2 is 1.83 bits per heavy atom. The zero-order valence-electron chi connectivity index (χ0n) is 18.8. The van der Waals surface area contributed by atoms with E-state index in [4.69, 9.17) is 16.3 Å². The largest absolute Gasteiger partial charge is 0.496 e. The molecule has 1 saturated heterocycles. The Hall–Kier alpha value is -1.85. The molecule has 1 aliphatic heterocycles. The van der Waals surface area contributed by atoms with Crippen LogP contribution in [-0.4, -0.2) is 35.3 Å². The number of alkyl halides is 1. The van der Waals surface area contributed by atoms with Gasteiger partial charge in [-0.3, -0.25) is 9.69 Å². The van der Waals surface area contributed by atoms with Gasteiger partial charge in [-0.25, -0.2) is 4.39 Å². The Morgan fingerprint density at radius 1 is 1.20 bits per heavy atom. The molecule has 2 heterocycles. The Bertz CT molecular complexity index is 992. The van der Waals surface area contributed by atoms with Gasteiger partial charge in [-0.05, 0) is 55.9 Å². The van der Waals surface area contributed by atoms with Crippen LogP contribution in [0.15, 0.2) is 23.1 Å². The van der Waals surface area contributed by atoms with E-state index in [2.05, 4.69) is 4.90 Å². The number of rotatable bonds is 5. The maximum Gasteiger partial charge on any atom is 0.253 e. The normalized spacial score (nSPS) is 16.8. The van der Waals surface area contributed by atoms with E-state index < -0.39 is 5.67 Å². The lowest BCUT2D eigenvalue weighted by Gasteiger charge is -2.39. The highest BCUT2D eigenvalue weighted by atomic mass is 35.5. The number of hydrogen-bond donors (Lipinski definition) is 0. The van der Waals surface area contributed by atoms with Gasteiger partial charge in [0.2, 0.25) is 0 Å². The summed E-state index contributed by atoms with van der Waals surface area (Å²) in [4.78, 5) is 14.4. The van der Waals surface area contributed by atoms with Crippen molar-refractivity contribution >= 4 is 11.6 Å². The average molecular weight is 435 g/mol. The van der Waals surface area contributed by atoms with Crippen molar-refractivity contribution < 1.29 is 9.13 Å². The zero-order valence-corrected chi connectivity index (χ0v) is 19.6. The molecule has 1 aromatic carbocycles. The van der Waals surface area contributed by atoms with E-state index in [9.17, 15) is 9.18 Å². The number of likely N-dealkylation sites (tertiary alicyclic amines) is 1. The van der Waals surface area contributed by atoms with Crippen molar-refractivity contribution in [1.82, 2.24) is 9.47 Å². The fraction of sp³-hybridized carbons (Fsp3) is 0.542. The van der Waals surface area contributed by atoms with Crippen LogP contribution in [0.5, 0.6) is 5.75 Å². The van der Waals surface area contributed by atoms with Crippen LogP contribution in [0.4, 0.5) is 4.39 Å². The monoisotopic (exact) mass is 434 g/mol. The van der Waals surface area contributed by atoms with Crippen LogP contribution in [0.1, 0.15) is 43.4 Å². The van der Waals surface area contributed by atoms with E-state index in [1.807, 2.05) is 46.0 Å². The predicted molar refractivity (Wildman–Crippen MR) is 121 cm³/mol. The molecule has 0 N–H and O–H groups in total. The van der Waals surface area contributed by atoms with Crippen molar-refractivity contribution in [2.24, 2.45) is 13.0 Å². The number of ether oxygens (including phenoxy) is 1. The molecule has 0 unspecified atom stereocenters. The van der Waals surface area contributed by atoms with Crippen LogP contribution in [0.2, 0.25) is 5.02 Å². The van der Waals surface area contributed by atoms with Gasteiger partial charge in [-0.15, -0.1) is 0 Å². The number of aromatic nitrogens is 1. The van der Waals surface area contributed by atoms with Crippen LogP contribution in [-0.2, 0) is 13.6 Å². The lowest BCUT2D eigenvalue weighted by atomic mass is 9.83. The van der Waals surface area contributed by atoms with Gasteiger partial charge < -0.3 is 9.30 Å². The van der Waals surface area contributed by atoms with Crippen LogP contribution in [0.25, 0.3) is 11.1 Å². The molecule has 1 aliphatic rings. The van der Waals surface area contributed by atoms with Gasteiger partial charge in [0.25, 0.3) is 5.56 Å². The van der Waals surface area contributed by atoms with Crippen LogP contribution in [0.3, 0.4) is 0 Å². The van der Waals surface area contributed by atoms with Gasteiger partial charge in [0.15, 0.2) is 0 Å². The Labute approximate surface area is 183 Å². The number of benzene rings is 1. The minimum atomic E-state index is -1.08. The smallest absolute Gasteiger partial charge is 0.253 e. The molecule has 3 rings (SSSR count). The Morgan fingerprint density at radius 3 is 2.40 bits per heavy atom. The highest BCUT2D eigenvalue weighted by molar-refractivity contribution is 6.32. The SMILES string of the molecule is COc1cc(-c2cn(C)c(=O)c(C)c2C)cc(Cl)c1CN1CCC(F)(C(C)C)CC1. The topological polar surface area (TPSA) is 34.5 Å². The lowest BCUT2D eigenvalue weighted by Crippen LogP contribution is -2.44. The molecular weight excluding hydrogens is 403 g/mol. The molecule has 164 valence electrons. The van der Waals surface area contributed by atoms with Crippen molar-refractivity contribution in [2.45, 2.75) is 52.8 Å². The highest BCUT2D eigenvalue weighted by Gasteiger charge is 2.37. The first-order valence-corrected chi connectivity index (χ1v) is 10.9. The molecule has 0 spiro atoms. The second-order valence-corrected chi connectivity index (χ2v) is 9.22. The molecule has 4 nitrogen and oxygen atoms in total. The van der Waals surface area contributed by atoms with Crippen molar-refractivity contribution in [3.63, 3.8) is 0 Å². The Kier molecular flexibility index (Phi) is 6.63. The van der Waals surface area contributed by atoms with E-state index in [1.54, 1.807) is 18.7 Å². The predicted octanol–water partition coefficient (Wildman–Crippen LogP) is 5.29. The van der Waals surface area contributed by atoms with Gasteiger partial charge in [-0.1, -0.05) is 25.4 Å². The summed E-state index contributed by atoms with van der Waals surface area (Å²) in [6.45, 7) is 9.74. The molecule has 0 amide bonds. The Balaban J connectivity index is 1.90. The van der Waals surface area contributed by atoms with Gasteiger partial charge in [0.1, 0.15) is 11.4 Å². The van der Waals surface area contributed by atoms with E-state index in [0.717, 1.165) is 27.8 Å². The highest BCUT2D eigenvalue weighted by Crippen LogP contribution is 2.38. The molecule has 0 atom stereocenters. The van der Waals surface area contributed by atoms with Crippen LogP contribution < -0.4 is 10.3 Å². The summed E-state index contributed by atoms with van der Waals surface area (Å²) in [5.74, 6) is 0.745. The van der Waals surface area contributed by atoms with E-state index in [0.29, 0.717) is 43.2 Å². The van der Waals surface area contributed by atoms with Crippen molar-refractivity contribution in [3.05, 3.63) is 50.4 Å². The number of hydrogen-bond acceptors (Lipinski definition) is 3. The fourth-order valence-electron chi connectivity index (χ4n) is 4.25.